The molecular formula is C35H34F3N9O2. The molecule has 2 aromatic carbocycles. The molecule has 1 unspecified atom stereocenters. The van der Waals surface area contributed by atoms with Crippen molar-refractivity contribution in [2.24, 2.45) is 0 Å². The van der Waals surface area contributed by atoms with E-state index >= 15 is 0 Å². The average Bonchev–Trinajstić information content (AvgIpc) is 3.40. The van der Waals surface area contributed by atoms with Crippen molar-refractivity contribution in [3.63, 3.8) is 0 Å². The zero-order valence-corrected chi connectivity index (χ0v) is 26.9. The minimum atomic E-state index is -4.63. The van der Waals surface area contributed by atoms with Gasteiger partial charge in [0.2, 0.25) is 18.2 Å². The van der Waals surface area contributed by atoms with E-state index in [-0.39, 0.29) is 11.4 Å². The van der Waals surface area contributed by atoms with Crippen molar-refractivity contribution in [2.75, 3.05) is 66.5 Å². The Morgan fingerprint density at radius 2 is 1.67 bits per heavy atom. The van der Waals surface area contributed by atoms with Gasteiger partial charge in [-0.05, 0) is 42.0 Å². The highest BCUT2D eigenvalue weighted by atomic mass is 19.4. The van der Waals surface area contributed by atoms with Gasteiger partial charge in [-0.15, -0.1) is 0 Å². The van der Waals surface area contributed by atoms with Gasteiger partial charge in [-0.25, -0.2) is 15.0 Å². The number of pyridine rings is 2. The number of aromatic nitrogens is 4. The third kappa shape index (κ3) is 5.50. The molecular weight excluding hydrogens is 635 g/mol. The van der Waals surface area contributed by atoms with E-state index in [0.717, 1.165) is 48.0 Å². The van der Waals surface area contributed by atoms with Crippen molar-refractivity contribution in [1.82, 2.24) is 25.3 Å². The number of benzene rings is 2. The monoisotopic (exact) mass is 669 g/mol. The van der Waals surface area contributed by atoms with Crippen LogP contribution in [0.2, 0.25) is 0 Å². The molecule has 1 fully saturated rings. The van der Waals surface area contributed by atoms with Crippen LogP contribution in [0.15, 0.2) is 67.1 Å². The van der Waals surface area contributed by atoms with Gasteiger partial charge in [-0.3, -0.25) is 9.88 Å². The van der Waals surface area contributed by atoms with Gasteiger partial charge in [0.15, 0.2) is 0 Å². The Hall–Kier alpha value is -5.21. The summed E-state index contributed by atoms with van der Waals surface area (Å²) in [6.45, 7) is 3.34. The molecule has 8 rings (SSSR count). The summed E-state index contributed by atoms with van der Waals surface area (Å²) in [5.74, 6) is 1.10. The molecule has 0 amide bonds. The summed E-state index contributed by atoms with van der Waals surface area (Å²) in [6.07, 6.45) is 0.114. The van der Waals surface area contributed by atoms with Crippen LogP contribution in [-0.2, 0) is 19.1 Å². The summed E-state index contributed by atoms with van der Waals surface area (Å²) in [6, 6.07) is 13.6. The number of fused-ring (bicyclic) bond motifs is 4. The van der Waals surface area contributed by atoms with Gasteiger partial charge in [0, 0.05) is 99.1 Å². The number of nitrogens with zero attached hydrogens (tertiary/aromatic N) is 8. The van der Waals surface area contributed by atoms with Crippen LogP contribution >= 0.6 is 0 Å². The molecule has 5 aromatic rings. The SMILES string of the molecule is COc1ccc(-c2ccc3ncc4c(c3c2)N(c2ccc(N3CCN(c5ncc6c(n5)CCNC6)CC3)c(C(F)(F)F)c2)C(O)N4C)cn1. The van der Waals surface area contributed by atoms with Crippen LogP contribution in [0.5, 0.6) is 5.88 Å². The van der Waals surface area contributed by atoms with E-state index in [1.807, 2.05) is 35.4 Å². The Balaban J connectivity index is 1.12. The van der Waals surface area contributed by atoms with Crippen LogP contribution in [0, 0.1) is 0 Å². The fraction of sp³-hybridized carbons (Fsp3) is 0.314. The Kier molecular flexibility index (Phi) is 7.64. The molecule has 11 nitrogen and oxygen atoms in total. The molecule has 0 radical (unpaired) electrons. The number of halogens is 3. The van der Waals surface area contributed by atoms with E-state index in [2.05, 4.69) is 20.3 Å². The quantitative estimate of drug-likeness (QED) is 0.266. The molecule has 1 saturated heterocycles. The van der Waals surface area contributed by atoms with Crippen molar-refractivity contribution in [3.8, 4) is 17.0 Å². The Bertz CT molecular complexity index is 2030. The van der Waals surface area contributed by atoms with Gasteiger partial charge in [-0.1, -0.05) is 6.07 Å². The van der Waals surface area contributed by atoms with E-state index in [0.29, 0.717) is 60.3 Å². The maximum atomic E-state index is 14.8. The van der Waals surface area contributed by atoms with Crippen molar-refractivity contribution < 1.29 is 23.0 Å². The highest BCUT2D eigenvalue weighted by Crippen LogP contribution is 2.49. The van der Waals surface area contributed by atoms with Gasteiger partial charge in [0.25, 0.3) is 0 Å². The first kappa shape index (κ1) is 31.1. The third-order valence-corrected chi connectivity index (χ3v) is 9.56. The molecule has 2 N–H and O–H groups in total. The number of alkyl halides is 3. The highest BCUT2D eigenvalue weighted by molar-refractivity contribution is 6.04. The van der Waals surface area contributed by atoms with Crippen LogP contribution in [0.3, 0.4) is 0 Å². The third-order valence-electron chi connectivity index (χ3n) is 9.56. The predicted molar refractivity (Wildman–Crippen MR) is 181 cm³/mol. The largest absolute Gasteiger partial charge is 0.481 e. The Morgan fingerprint density at radius 3 is 2.43 bits per heavy atom. The first-order valence-corrected chi connectivity index (χ1v) is 16.1. The van der Waals surface area contributed by atoms with Gasteiger partial charge >= 0.3 is 6.18 Å². The molecule has 0 spiro atoms. The van der Waals surface area contributed by atoms with Crippen molar-refractivity contribution in [3.05, 3.63) is 83.9 Å². The topological polar surface area (TPSA) is 106 Å². The zero-order chi connectivity index (χ0) is 33.9. The molecule has 0 saturated carbocycles. The fourth-order valence-electron chi connectivity index (χ4n) is 6.91. The number of aliphatic hydroxyl groups excluding tert-OH is 1. The van der Waals surface area contributed by atoms with E-state index in [1.54, 1.807) is 48.5 Å². The number of anilines is 5. The van der Waals surface area contributed by atoms with E-state index < -0.39 is 18.1 Å². The molecule has 6 heterocycles. The first-order valence-electron chi connectivity index (χ1n) is 16.1. The van der Waals surface area contributed by atoms with Gasteiger partial charge in [0.1, 0.15) is 0 Å². The summed E-state index contributed by atoms with van der Waals surface area (Å²) in [7, 11) is 3.24. The Morgan fingerprint density at radius 1 is 0.878 bits per heavy atom. The second-order valence-corrected chi connectivity index (χ2v) is 12.4. The first-order chi connectivity index (χ1) is 23.7. The van der Waals surface area contributed by atoms with Crippen LogP contribution in [0.4, 0.5) is 41.9 Å². The van der Waals surface area contributed by atoms with Crippen LogP contribution in [-0.4, -0.2) is 78.3 Å². The number of piperazine rings is 1. The molecule has 3 aromatic heterocycles. The average molecular weight is 670 g/mol. The number of hydrogen-bond donors (Lipinski definition) is 2. The molecule has 0 bridgehead atoms. The summed E-state index contributed by atoms with van der Waals surface area (Å²) >= 11 is 0. The Labute approximate surface area is 280 Å². The van der Waals surface area contributed by atoms with Gasteiger partial charge in [0.05, 0.1) is 41.5 Å². The molecule has 14 heteroatoms. The second-order valence-electron chi connectivity index (χ2n) is 12.4. The standard InChI is InChI=1S/C35H34F3N9O2/c1-44-30-20-40-28-6-3-21(22-4-8-31(49-2)41-18-22)15-25(28)32(30)47(34(44)48)24-5-7-29(26(16-24)35(36,37)38)45-11-13-46(14-12-45)33-42-19-23-17-39-10-9-27(23)43-33/h3-8,15-16,18-20,34,39,48H,9-14,17H2,1-2H3. The second kappa shape index (κ2) is 12.0. The number of methoxy groups -OCH3 is 1. The lowest BCUT2D eigenvalue weighted by atomic mass is 10.0. The highest BCUT2D eigenvalue weighted by Gasteiger charge is 2.40. The maximum absolute atomic E-state index is 14.8. The number of nitrogens with one attached hydrogen (secondary N) is 1. The summed E-state index contributed by atoms with van der Waals surface area (Å²) in [5.41, 5.74) is 5.14. The predicted octanol–water partition coefficient (Wildman–Crippen LogP) is 4.95. The molecule has 1 atom stereocenters. The smallest absolute Gasteiger partial charge is 0.418 e. The minimum Gasteiger partial charge on any atom is -0.481 e. The van der Waals surface area contributed by atoms with E-state index in [4.69, 9.17) is 9.72 Å². The summed E-state index contributed by atoms with van der Waals surface area (Å²) in [4.78, 5) is 25.1. The lowest BCUT2D eigenvalue weighted by molar-refractivity contribution is -0.137. The van der Waals surface area contributed by atoms with Crippen molar-refractivity contribution >= 4 is 39.6 Å². The molecule has 3 aliphatic heterocycles. The van der Waals surface area contributed by atoms with E-state index in [9.17, 15) is 18.3 Å². The van der Waals surface area contributed by atoms with Crippen molar-refractivity contribution in [1.29, 1.82) is 0 Å². The van der Waals surface area contributed by atoms with Crippen molar-refractivity contribution in [2.45, 2.75) is 25.5 Å². The van der Waals surface area contributed by atoms with Gasteiger partial charge < -0.3 is 29.9 Å². The molecule has 252 valence electrons. The zero-order valence-electron chi connectivity index (χ0n) is 26.9. The lowest BCUT2D eigenvalue weighted by Crippen LogP contribution is -2.47. The fourth-order valence-corrected chi connectivity index (χ4v) is 6.91. The maximum Gasteiger partial charge on any atom is 0.418 e. The summed E-state index contributed by atoms with van der Waals surface area (Å²) < 4.78 is 49.6. The lowest BCUT2D eigenvalue weighted by Gasteiger charge is -2.37. The number of aliphatic hydroxyl groups is 1. The van der Waals surface area contributed by atoms with Crippen LogP contribution < -0.4 is 29.7 Å². The number of hydrogen-bond acceptors (Lipinski definition) is 11. The normalized spacial score (nSPS) is 17.8. The molecule has 0 aliphatic carbocycles. The van der Waals surface area contributed by atoms with Crippen LogP contribution in [0.1, 0.15) is 16.8 Å². The number of ether oxygens (including phenoxy) is 1. The van der Waals surface area contributed by atoms with E-state index in [1.165, 1.54) is 11.0 Å². The van der Waals surface area contributed by atoms with Crippen LogP contribution in [0.25, 0.3) is 22.0 Å². The summed E-state index contributed by atoms with van der Waals surface area (Å²) in [5, 5.41) is 15.4. The minimum absolute atomic E-state index is 0.101. The number of rotatable bonds is 5. The van der Waals surface area contributed by atoms with Gasteiger partial charge in [-0.2, -0.15) is 13.2 Å². The molecule has 3 aliphatic rings. The molecule has 49 heavy (non-hydrogen) atoms.